The molecule has 0 bridgehead atoms. The Bertz CT molecular complexity index is 226. The van der Waals surface area contributed by atoms with Crippen molar-refractivity contribution >= 4 is 5.91 Å². The minimum Gasteiger partial charge on any atom is -0.352 e. The van der Waals surface area contributed by atoms with Gasteiger partial charge in [-0.05, 0) is 12.5 Å². The van der Waals surface area contributed by atoms with Crippen LogP contribution in [0.15, 0.2) is 36.5 Å². The van der Waals surface area contributed by atoms with Gasteiger partial charge in [-0.25, -0.2) is 0 Å². The van der Waals surface area contributed by atoms with Gasteiger partial charge in [0.15, 0.2) is 0 Å². The summed E-state index contributed by atoms with van der Waals surface area (Å²) in [4.78, 5) is 10.5. The molecule has 0 aliphatic rings. The van der Waals surface area contributed by atoms with Crippen LogP contribution in [0.2, 0.25) is 0 Å². The van der Waals surface area contributed by atoms with Crippen LogP contribution in [-0.4, -0.2) is 12.5 Å². The van der Waals surface area contributed by atoms with Gasteiger partial charge in [0.05, 0.1) is 0 Å². The number of rotatable bonds is 4. The van der Waals surface area contributed by atoms with Gasteiger partial charge in [-0.1, -0.05) is 30.9 Å². The maximum Gasteiger partial charge on any atom is 0.217 e. The van der Waals surface area contributed by atoms with Crippen molar-refractivity contribution in [3.8, 4) is 0 Å². The molecule has 0 fully saturated rings. The molecule has 0 aromatic rings. The minimum absolute atomic E-state index is 0.0418. The molecular formula is C10H15NO. The number of carbonyl (C=O) groups excluding carboxylic acids is 1. The third kappa shape index (κ3) is 6.81. The molecule has 66 valence electrons. The van der Waals surface area contributed by atoms with E-state index in [1.807, 2.05) is 19.1 Å². The first kappa shape index (κ1) is 10.7. The van der Waals surface area contributed by atoms with Crippen LogP contribution in [0, 0.1) is 0 Å². The lowest BCUT2D eigenvalue weighted by Gasteiger charge is -2.00. The maximum absolute atomic E-state index is 10.5. The van der Waals surface area contributed by atoms with Crippen molar-refractivity contribution in [3.63, 3.8) is 0 Å². The molecule has 0 aliphatic carbocycles. The number of allylic oxidation sites excluding steroid dienone is 2. The summed E-state index contributed by atoms with van der Waals surface area (Å²) in [5.41, 5.74) is 1.84. The number of carbonyl (C=O) groups is 1. The van der Waals surface area contributed by atoms with Gasteiger partial charge in [-0.3, -0.25) is 4.79 Å². The fourth-order valence-corrected chi connectivity index (χ4v) is 0.557. The van der Waals surface area contributed by atoms with E-state index >= 15 is 0 Å². The van der Waals surface area contributed by atoms with Gasteiger partial charge in [0.1, 0.15) is 0 Å². The van der Waals surface area contributed by atoms with Crippen LogP contribution in [0.1, 0.15) is 13.8 Å². The molecular weight excluding hydrogens is 150 g/mol. The highest BCUT2D eigenvalue weighted by atomic mass is 16.1. The zero-order valence-corrected chi connectivity index (χ0v) is 7.68. The predicted molar refractivity (Wildman–Crippen MR) is 51.8 cm³/mol. The first-order chi connectivity index (χ1) is 5.52. The second-order valence-electron chi connectivity index (χ2n) is 2.75. The normalized spacial score (nSPS) is 9.83. The van der Waals surface area contributed by atoms with Gasteiger partial charge in [0, 0.05) is 13.5 Å². The molecule has 0 radical (unpaired) electrons. The van der Waals surface area contributed by atoms with Crippen LogP contribution in [0.3, 0.4) is 0 Å². The van der Waals surface area contributed by atoms with Gasteiger partial charge >= 0.3 is 0 Å². The molecule has 0 heterocycles. The van der Waals surface area contributed by atoms with E-state index in [2.05, 4.69) is 18.5 Å². The number of hydrogen-bond donors (Lipinski definition) is 1. The summed E-state index contributed by atoms with van der Waals surface area (Å²) in [6, 6.07) is 0. The Kier molecular flexibility index (Phi) is 4.77. The fraction of sp³-hybridized carbons (Fsp3) is 0.300. The molecule has 0 aliphatic heterocycles. The third-order valence-electron chi connectivity index (χ3n) is 1.17. The van der Waals surface area contributed by atoms with Crippen LogP contribution in [0.5, 0.6) is 0 Å². The molecule has 2 nitrogen and oxygen atoms in total. The molecule has 2 heteroatoms. The van der Waals surface area contributed by atoms with Crippen LogP contribution >= 0.6 is 0 Å². The summed E-state index contributed by atoms with van der Waals surface area (Å²) in [7, 11) is 0. The number of hydrogen-bond acceptors (Lipinski definition) is 1. The first-order valence-electron chi connectivity index (χ1n) is 3.78. The van der Waals surface area contributed by atoms with Crippen molar-refractivity contribution in [3.05, 3.63) is 36.5 Å². The monoisotopic (exact) mass is 165 g/mol. The van der Waals surface area contributed by atoms with E-state index < -0.39 is 0 Å². The Morgan fingerprint density at radius 1 is 1.33 bits per heavy atom. The molecule has 0 rings (SSSR count). The van der Waals surface area contributed by atoms with E-state index in [0.29, 0.717) is 6.54 Å². The lowest BCUT2D eigenvalue weighted by atomic mass is 10.2. The Labute approximate surface area is 73.7 Å². The Morgan fingerprint density at radius 3 is 2.33 bits per heavy atom. The summed E-state index contributed by atoms with van der Waals surface area (Å²) in [5.74, 6) is -0.0418. The van der Waals surface area contributed by atoms with Crippen molar-refractivity contribution in [1.82, 2.24) is 5.32 Å². The molecule has 0 saturated heterocycles. The minimum atomic E-state index is -0.0418. The van der Waals surface area contributed by atoms with E-state index in [4.69, 9.17) is 0 Å². The highest BCUT2D eigenvalue weighted by molar-refractivity contribution is 5.73. The fourth-order valence-electron chi connectivity index (χ4n) is 0.557. The topological polar surface area (TPSA) is 29.1 Å². The number of amides is 1. The van der Waals surface area contributed by atoms with Gasteiger partial charge in [-0.15, -0.1) is 0 Å². The standard InChI is InChI=1S/C10H15NO/c1-8(2)5-6-9(3)7-11-10(4)12/h5-6H,1,3,7H2,2,4H3,(H,11,12)/b6-5-. The summed E-state index contributed by atoms with van der Waals surface area (Å²) < 4.78 is 0. The Morgan fingerprint density at radius 2 is 1.92 bits per heavy atom. The van der Waals surface area contributed by atoms with Gasteiger partial charge in [-0.2, -0.15) is 0 Å². The average molecular weight is 165 g/mol. The maximum atomic E-state index is 10.5. The molecule has 1 amide bonds. The Hall–Kier alpha value is -1.31. The summed E-state index contributed by atoms with van der Waals surface area (Å²) in [6.07, 6.45) is 3.71. The molecule has 0 unspecified atom stereocenters. The highest BCUT2D eigenvalue weighted by Gasteiger charge is 1.90. The van der Waals surface area contributed by atoms with Crippen molar-refractivity contribution in [1.29, 1.82) is 0 Å². The van der Waals surface area contributed by atoms with Crippen molar-refractivity contribution < 1.29 is 4.79 Å². The quantitative estimate of drug-likeness (QED) is 0.632. The zero-order chi connectivity index (χ0) is 9.56. The molecule has 0 aromatic carbocycles. The highest BCUT2D eigenvalue weighted by Crippen LogP contribution is 1.95. The summed E-state index contributed by atoms with van der Waals surface area (Å²) in [6.45, 7) is 11.3. The van der Waals surface area contributed by atoms with Crippen LogP contribution in [0.4, 0.5) is 0 Å². The van der Waals surface area contributed by atoms with E-state index in [-0.39, 0.29) is 5.91 Å². The lowest BCUT2D eigenvalue weighted by Crippen LogP contribution is -2.21. The van der Waals surface area contributed by atoms with Crippen molar-refractivity contribution in [2.75, 3.05) is 6.54 Å². The molecule has 1 N–H and O–H groups in total. The van der Waals surface area contributed by atoms with Gasteiger partial charge < -0.3 is 5.32 Å². The third-order valence-corrected chi connectivity index (χ3v) is 1.17. The molecule has 12 heavy (non-hydrogen) atoms. The predicted octanol–water partition coefficient (Wildman–Crippen LogP) is 1.81. The second kappa shape index (κ2) is 5.35. The SMILES string of the molecule is C=C(C)/C=C\C(=C)CNC(C)=O. The van der Waals surface area contributed by atoms with Gasteiger partial charge in [0.25, 0.3) is 0 Å². The molecule has 0 atom stereocenters. The van der Waals surface area contributed by atoms with E-state index in [9.17, 15) is 4.79 Å². The number of nitrogens with one attached hydrogen (secondary N) is 1. The Balaban J connectivity index is 3.75. The van der Waals surface area contributed by atoms with E-state index in [1.165, 1.54) is 6.92 Å². The lowest BCUT2D eigenvalue weighted by molar-refractivity contribution is -0.118. The molecule has 0 spiro atoms. The smallest absolute Gasteiger partial charge is 0.217 e. The van der Waals surface area contributed by atoms with E-state index in [0.717, 1.165) is 11.1 Å². The van der Waals surface area contributed by atoms with E-state index in [1.54, 1.807) is 0 Å². The van der Waals surface area contributed by atoms with Crippen LogP contribution in [0.25, 0.3) is 0 Å². The zero-order valence-electron chi connectivity index (χ0n) is 7.68. The second-order valence-corrected chi connectivity index (χ2v) is 2.75. The van der Waals surface area contributed by atoms with Crippen molar-refractivity contribution in [2.45, 2.75) is 13.8 Å². The molecule has 0 aromatic heterocycles. The summed E-state index contributed by atoms with van der Waals surface area (Å²) >= 11 is 0. The first-order valence-corrected chi connectivity index (χ1v) is 3.78. The average Bonchev–Trinajstić information content (AvgIpc) is 1.96. The molecule has 0 saturated carbocycles. The largest absolute Gasteiger partial charge is 0.352 e. The summed E-state index contributed by atoms with van der Waals surface area (Å²) in [5, 5.41) is 2.65. The van der Waals surface area contributed by atoms with Crippen molar-refractivity contribution in [2.24, 2.45) is 0 Å². The van der Waals surface area contributed by atoms with Crippen LogP contribution in [-0.2, 0) is 4.79 Å². The van der Waals surface area contributed by atoms with Gasteiger partial charge in [0.2, 0.25) is 5.91 Å². The van der Waals surface area contributed by atoms with Crippen LogP contribution < -0.4 is 5.32 Å².